The van der Waals surface area contributed by atoms with Gasteiger partial charge >= 0.3 is 5.69 Å². The van der Waals surface area contributed by atoms with Gasteiger partial charge in [-0.1, -0.05) is 5.92 Å². The van der Waals surface area contributed by atoms with Crippen molar-refractivity contribution in [1.82, 2.24) is 24.7 Å². The van der Waals surface area contributed by atoms with Crippen LogP contribution in [0.25, 0.3) is 5.95 Å². The maximum atomic E-state index is 12.8. The van der Waals surface area contributed by atoms with Crippen LogP contribution in [-0.4, -0.2) is 48.3 Å². The number of nitrogens with zero attached hydrogens (tertiary/aromatic N) is 4. The fourth-order valence-corrected chi connectivity index (χ4v) is 4.01. The summed E-state index contributed by atoms with van der Waals surface area (Å²) in [6.07, 6.45) is 10.6. The van der Waals surface area contributed by atoms with Crippen LogP contribution >= 0.6 is 0 Å². The van der Waals surface area contributed by atoms with Crippen LogP contribution in [0.3, 0.4) is 0 Å². The van der Waals surface area contributed by atoms with E-state index in [1.54, 1.807) is 18.2 Å². The number of nitrogens with two attached hydrogens (primary N) is 1. The molecule has 3 heterocycles. The maximum Gasteiger partial charge on any atom is 0.350 e. The molecule has 6 N–H and O–H groups in total. The van der Waals surface area contributed by atoms with E-state index < -0.39 is 17.7 Å². The molecule has 1 aliphatic heterocycles. The fraction of sp³-hybridized carbons (Fsp3) is 0.185. The average molecular weight is 527 g/mol. The Morgan fingerprint density at radius 3 is 2.62 bits per heavy atom. The molecule has 0 amide bonds. The van der Waals surface area contributed by atoms with Gasteiger partial charge in [-0.25, -0.2) is 14.8 Å². The van der Waals surface area contributed by atoms with E-state index in [-0.39, 0.29) is 11.8 Å². The Morgan fingerprint density at radius 2 is 1.97 bits per heavy atom. The number of carbonyl (C=O) groups is 1. The predicted octanol–water partition coefficient (Wildman–Crippen LogP) is 2.23. The smallest absolute Gasteiger partial charge is 0.350 e. The van der Waals surface area contributed by atoms with Crippen molar-refractivity contribution in [3.63, 3.8) is 0 Å². The number of ether oxygens (including phenoxy) is 1. The molecule has 1 aliphatic rings. The van der Waals surface area contributed by atoms with Gasteiger partial charge in [0, 0.05) is 30.6 Å². The van der Waals surface area contributed by atoms with E-state index >= 15 is 0 Å². The van der Waals surface area contributed by atoms with E-state index in [2.05, 4.69) is 31.3 Å². The number of hydrogen-bond acceptors (Lipinski definition) is 8. The molecular formula is C27H26N8O4. The number of benzene rings is 2. The van der Waals surface area contributed by atoms with E-state index in [1.807, 2.05) is 24.3 Å². The minimum atomic E-state index is -0.833. The zero-order valence-corrected chi connectivity index (χ0v) is 21.0. The molecule has 0 radical (unpaired) electrons. The van der Waals surface area contributed by atoms with Crippen LogP contribution in [0.15, 0.2) is 59.7 Å². The van der Waals surface area contributed by atoms with E-state index in [9.17, 15) is 4.79 Å². The number of aromatic amines is 1. The summed E-state index contributed by atoms with van der Waals surface area (Å²) in [6, 6.07) is 12.1. The highest BCUT2D eigenvalue weighted by Gasteiger charge is 2.24. The van der Waals surface area contributed by atoms with Gasteiger partial charge in [0.25, 0.3) is 11.9 Å². The molecule has 198 valence electrons. The van der Waals surface area contributed by atoms with Crippen molar-refractivity contribution >= 4 is 17.5 Å². The molecule has 12 heteroatoms. The third-order valence-electron chi connectivity index (χ3n) is 5.67. The molecule has 2 aromatic carbocycles. The lowest BCUT2D eigenvalue weighted by atomic mass is 9.95. The number of carboxylic acids is 1. The quantitative estimate of drug-likeness (QED) is 0.143. The highest BCUT2D eigenvalue weighted by molar-refractivity contribution is 5.95. The number of aliphatic carboxylic acids is 1. The summed E-state index contributed by atoms with van der Waals surface area (Å²) < 4.78 is 6.95. The molecule has 1 atom stereocenters. The first-order chi connectivity index (χ1) is 18.8. The lowest BCUT2D eigenvalue weighted by Gasteiger charge is -2.23. The number of rotatable bonds is 6. The van der Waals surface area contributed by atoms with Gasteiger partial charge in [0.2, 0.25) is 0 Å². The minimum absolute atomic E-state index is 0.0209. The highest BCUT2D eigenvalue weighted by atomic mass is 16.5. The van der Waals surface area contributed by atoms with Crippen molar-refractivity contribution in [3.05, 3.63) is 93.4 Å². The first-order valence-corrected chi connectivity index (χ1v) is 11.9. The number of nitrogens with one attached hydrogen (secondary N) is 3. The van der Waals surface area contributed by atoms with Gasteiger partial charge < -0.3 is 20.9 Å². The molecule has 0 bridgehead atoms. The van der Waals surface area contributed by atoms with Crippen molar-refractivity contribution in [2.75, 3.05) is 11.9 Å². The van der Waals surface area contributed by atoms with Gasteiger partial charge in [-0.05, 0) is 66.4 Å². The van der Waals surface area contributed by atoms with Crippen molar-refractivity contribution < 1.29 is 14.6 Å². The Hall–Kier alpha value is -5.44. The predicted molar refractivity (Wildman–Crippen MR) is 144 cm³/mol. The van der Waals surface area contributed by atoms with Gasteiger partial charge in [0.1, 0.15) is 17.6 Å². The highest BCUT2D eigenvalue weighted by Crippen LogP contribution is 2.34. The number of aryl methyl sites for hydroxylation is 1. The van der Waals surface area contributed by atoms with E-state index in [0.717, 1.165) is 47.0 Å². The maximum absolute atomic E-state index is 12.8. The summed E-state index contributed by atoms with van der Waals surface area (Å²) in [5.74, 6) is 3.11. The van der Waals surface area contributed by atoms with Gasteiger partial charge in [-0.15, -0.1) is 16.2 Å². The second kappa shape index (κ2) is 11.7. The summed E-state index contributed by atoms with van der Waals surface area (Å²) in [5, 5.41) is 22.9. The molecule has 0 saturated carbocycles. The monoisotopic (exact) mass is 526 g/mol. The Labute approximate surface area is 223 Å². The van der Waals surface area contributed by atoms with Gasteiger partial charge in [-0.3, -0.25) is 15.2 Å². The number of fused-ring (bicyclic) bond motifs is 1. The fourth-order valence-electron chi connectivity index (χ4n) is 4.01. The van der Waals surface area contributed by atoms with Crippen molar-refractivity contribution in [1.29, 1.82) is 5.41 Å². The third-order valence-corrected chi connectivity index (χ3v) is 5.67. The van der Waals surface area contributed by atoms with Gasteiger partial charge in [0.15, 0.2) is 5.82 Å². The number of terminal acetylenes is 1. The summed E-state index contributed by atoms with van der Waals surface area (Å²) in [6.45, 7) is 1.71. The molecular weight excluding hydrogens is 500 g/mol. The summed E-state index contributed by atoms with van der Waals surface area (Å²) >= 11 is 0. The van der Waals surface area contributed by atoms with Crippen LogP contribution in [0.2, 0.25) is 0 Å². The Morgan fingerprint density at radius 1 is 1.28 bits per heavy atom. The number of aromatic nitrogens is 5. The van der Waals surface area contributed by atoms with Crippen LogP contribution in [0.1, 0.15) is 47.5 Å². The molecule has 0 spiro atoms. The van der Waals surface area contributed by atoms with Gasteiger partial charge in [0.05, 0.1) is 12.2 Å². The number of H-pyrrole nitrogens is 1. The van der Waals surface area contributed by atoms with Crippen LogP contribution < -0.4 is 21.5 Å². The SMILES string of the molecule is C#Cc1cc([C@H](Nc2ccc(C(=N)N)cc2)c2nn(-c3ncccn3)c(=O)[nH]2)cc2c1OCCC2.CC(=O)O. The lowest BCUT2D eigenvalue weighted by Crippen LogP contribution is -2.18. The number of carboxylic acid groups (broad SMARTS) is 1. The molecule has 2 aromatic heterocycles. The molecule has 0 saturated heterocycles. The standard InChI is InChI=1S/C25H22N8O2.C2H4O2/c1-2-15-13-18(14-17-5-3-12-35-21(15)17)20(30-19-8-6-16(7-9-19)22(26)27)23-31-25(34)33(32-23)24-28-10-4-11-29-24;1-2(3)4/h1,4,6-11,13-14,20,30H,3,5,12H2,(H3,26,27)(H,31,32,34);1H3,(H,3,4)/t20-;/m0./s1. The number of anilines is 1. The number of amidine groups is 1. The molecule has 0 unspecified atom stereocenters. The van der Waals surface area contributed by atoms with Crippen LogP contribution in [0.5, 0.6) is 5.75 Å². The van der Waals surface area contributed by atoms with Gasteiger partial charge in [-0.2, -0.15) is 0 Å². The molecule has 12 nitrogen and oxygen atoms in total. The van der Waals surface area contributed by atoms with Crippen LogP contribution in [-0.2, 0) is 11.2 Å². The summed E-state index contributed by atoms with van der Waals surface area (Å²) in [5.41, 5.74) is 8.92. The normalized spacial score (nSPS) is 12.5. The number of hydrogen-bond donors (Lipinski definition) is 5. The Balaban J connectivity index is 0.000000826. The Bertz CT molecular complexity index is 1580. The minimum Gasteiger partial charge on any atom is -0.492 e. The molecule has 0 fully saturated rings. The van der Waals surface area contributed by atoms with E-state index in [0.29, 0.717) is 23.6 Å². The third kappa shape index (κ3) is 6.28. The zero-order chi connectivity index (χ0) is 27.9. The zero-order valence-electron chi connectivity index (χ0n) is 21.0. The van der Waals surface area contributed by atoms with Crippen LogP contribution in [0, 0.1) is 17.8 Å². The molecule has 39 heavy (non-hydrogen) atoms. The molecule has 5 rings (SSSR count). The molecule has 4 aromatic rings. The van der Waals surface area contributed by atoms with E-state index in [4.69, 9.17) is 32.2 Å². The topological polar surface area (TPSA) is 185 Å². The van der Waals surface area contributed by atoms with Crippen molar-refractivity contribution in [2.24, 2.45) is 5.73 Å². The Kier molecular flexibility index (Phi) is 8.01. The average Bonchev–Trinajstić information content (AvgIpc) is 3.32. The first kappa shape index (κ1) is 26.6. The van der Waals surface area contributed by atoms with Crippen molar-refractivity contribution in [3.8, 4) is 24.0 Å². The number of nitrogen functional groups attached to an aromatic ring is 1. The second-order valence-electron chi connectivity index (χ2n) is 8.52. The molecule has 0 aliphatic carbocycles. The summed E-state index contributed by atoms with van der Waals surface area (Å²) in [4.78, 5) is 32.8. The first-order valence-electron chi connectivity index (χ1n) is 11.9. The van der Waals surface area contributed by atoms with E-state index in [1.165, 1.54) is 12.4 Å². The second-order valence-corrected chi connectivity index (χ2v) is 8.52. The van der Waals surface area contributed by atoms with Crippen LogP contribution in [0.4, 0.5) is 5.69 Å². The largest absolute Gasteiger partial charge is 0.492 e. The lowest BCUT2D eigenvalue weighted by molar-refractivity contribution is -0.134. The summed E-state index contributed by atoms with van der Waals surface area (Å²) in [7, 11) is 0. The van der Waals surface area contributed by atoms with Crippen molar-refractivity contribution in [2.45, 2.75) is 25.8 Å².